The maximum atomic E-state index is 11.7. The van der Waals surface area contributed by atoms with Crippen LogP contribution in [0.1, 0.15) is 22.3 Å². The number of rotatable bonds is 5. The highest BCUT2D eigenvalue weighted by atomic mass is 35.5. The second-order valence-corrected chi connectivity index (χ2v) is 4.63. The van der Waals surface area contributed by atoms with Crippen LogP contribution in [0.4, 0.5) is 0 Å². The maximum absolute atomic E-state index is 11.7. The van der Waals surface area contributed by atoms with E-state index in [9.17, 15) is 4.79 Å². The summed E-state index contributed by atoms with van der Waals surface area (Å²) in [4.78, 5) is 14.9. The summed E-state index contributed by atoms with van der Waals surface area (Å²) in [6, 6.07) is 3.66. The summed E-state index contributed by atoms with van der Waals surface area (Å²) in [5, 5.41) is 1.27. The van der Waals surface area contributed by atoms with E-state index in [2.05, 4.69) is 4.98 Å². The Kier molecular flexibility index (Phi) is 4.45. The highest BCUT2D eigenvalue weighted by molar-refractivity contribution is 6.38. The molecule has 4 nitrogen and oxygen atoms in total. The number of aryl methyl sites for hydroxylation is 1. The van der Waals surface area contributed by atoms with Crippen LogP contribution in [0.2, 0.25) is 5.02 Å². The number of aromatic amines is 1. The van der Waals surface area contributed by atoms with Crippen molar-refractivity contribution in [3.05, 3.63) is 34.5 Å². The van der Waals surface area contributed by atoms with Gasteiger partial charge in [-0.1, -0.05) is 11.6 Å². The van der Waals surface area contributed by atoms with Crippen LogP contribution in [0.5, 0.6) is 0 Å². The number of carbonyl (C=O) groups excluding carboxylic acids is 1. The molecule has 0 saturated carbocycles. The average molecular weight is 282 g/mol. The number of H-pyrrole nitrogens is 1. The molecule has 102 valence electrons. The van der Waals surface area contributed by atoms with Gasteiger partial charge in [-0.05, 0) is 30.5 Å². The summed E-state index contributed by atoms with van der Waals surface area (Å²) in [5.74, 6) is -0.416. The lowest BCUT2D eigenvalue weighted by atomic mass is 10.0. The van der Waals surface area contributed by atoms with E-state index in [1.807, 2.05) is 12.3 Å². The Bertz CT molecular complexity index is 592. The van der Waals surface area contributed by atoms with Crippen molar-refractivity contribution in [3.63, 3.8) is 0 Å². The minimum absolute atomic E-state index is 0.406. The first kappa shape index (κ1) is 13.9. The predicted octanol–water partition coefficient (Wildman–Crippen LogP) is 3.19. The van der Waals surface area contributed by atoms with Gasteiger partial charge < -0.3 is 14.5 Å². The Morgan fingerprint density at radius 3 is 2.89 bits per heavy atom. The third kappa shape index (κ3) is 2.74. The normalized spacial score (nSPS) is 10.9. The topological polar surface area (TPSA) is 51.3 Å². The molecule has 19 heavy (non-hydrogen) atoms. The summed E-state index contributed by atoms with van der Waals surface area (Å²) in [7, 11) is 3.02. The van der Waals surface area contributed by atoms with E-state index in [0.29, 0.717) is 17.2 Å². The Morgan fingerprint density at radius 1 is 1.42 bits per heavy atom. The monoisotopic (exact) mass is 281 g/mol. The van der Waals surface area contributed by atoms with Crippen LogP contribution in [-0.2, 0) is 15.9 Å². The van der Waals surface area contributed by atoms with Crippen molar-refractivity contribution in [1.29, 1.82) is 0 Å². The first-order valence-corrected chi connectivity index (χ1v) is 6.42. The van der Waals surface area contributed by atoms with Gasteiger partial charge in [0.2, 0.25) is 0 Å². The molecular weight excluding hydrogens is 266 g/mol. The molecule has 0 aliphatic heterocycles. The first-order chi connectivity index (χ1) is 9.19. The number of carbonyl (C=O) groups is 1. The molecule has 1 aromatic carbocycles. The summed E-state index contributed by atoms with van der Waals surface area (Å²) in [6.45, 7) is 0.679. The van der Waals surface area contributed by atoms with E-state index in [0.717, 1.165) is 29.3 Å². The number of nitrogens with one attached hydrogen (secondary N) is 1. The fourth-order valence-corrected chi connectivity index (χ4v) is 2.42. The first-order valence-electron chi connectivity index (χ1n) is 6.04. The molecule has 0 fully saturated rings. The van der Waals surface area contributed by atoms with Crippen LogP contribution in [0.3, 0.4) is 0 Å². The van der Waals surface area contributed by atoms with Crippen molar-refractivity contribution in [1.82, 2.24) is 4.98 Å². The second-order valence-electron chi connectivity index (χ2n) is 4.25. The SMILES string of the molecule is COCCCc1cc(C(=O)OC)c(Cl)c2cc[nH]c12. The number of methoxy groups -OCH3 is 2. The van der Waals surface area contributed by atoms with Crippen LogP contribution >= 0.6 is 11.6 Å². The highest BCUT2D eigenvalue weighted by Gasteiger charge is 2.17. The molecule has 2 aromatic rings. The fourth-order valence-electron chi connectivity index (χ4n) is 2.14. The molecule has 0 unspecified atom stereocenters. The maximum Gasteiger partial charge on any atom is 0.339 e. The van der Waals surface area contributed by atoms with Crippen LogP contribution in [-0.4, -0.2) is 31.8 Å². The standard InChI is InChI=1S/C14H16ClNO3/c1-18-7-3-4-9-8-11(14(17)19-2)12(15)10-5-6-16-13(9)10/h5-6,8,16H,3-4,7H2,1-2H3. The predicted molar refractivity (Wildman–Crippen MR) is 74.8 cm³/mol. The number of ether oxygens (including phenoxy) is 2. The number of halogens is 1. The molecule has 0 bridgehead atoms. The molecule has 0 saturated heterocycles. The largest absolute Gasteiger partial charge is 0.465 e. The minimum atomic E-state index is -0.416. The molecular formula is C14H16ClNO3. The minimum Gasteiger partial charge on any atom is -0.465 e. The van der Waals surface area contributed by atoms with Gasteiger partial charge in [-0.25, -0.2) is 4.79 Å². The number of fused-ring (bicyclic) bond motifs is 1. The Morgan fingerprint density at radius 2 is 2.21 bits per heavy atom. The Labute approximate surface area is 116 Å². The summed E-state index contributed by atoms with van der Waals surface area (Å²) in [6.07, 6.45) is 3.51. The van der Waals surface area contributed by atoms with Crippen LogP contribution in [0.25, 0.3) is 10.9 Å². The molecule has 0 atom stereocenters. The van der Waals surface area contributed by atoms with E-state index >= 15 is 0 Å². The van der Waals surface area contributed by atoms with E-state index < -0.39 is 5.97 Å². The molecule has 5 heteroatoms. The van der Waals surface area contributed by atoms with Gasteiger partial charge in [0.05, 0.1) is 23.2 Å². The molecule has 2 rings (SSSR count). The quantitative estimate of drug-likeness (QED) is 0.676. The van der Waals surface area contributed by atoms with Crippen LogP contribution in [0.15, 0.2) is 18.3 Å². The second kappa shape index (κ2) is 6.08. The van der Waals surface area contributed by atoms with Crippen LogP contribution < -0.4 is 0 Å². The lowest BCUT2D eigenvalue weighted by Crippen LogP contribution is -2.04. The zero-order chi connectivity index (χ0) is 13.8. The molecule has 1 aromatic heterocycles. The summed E-state index contributed by atoms with van der Waals surface area (Å²) in [5.41, 5.74) is 2.42. The van der Waals surface area contributed by atoms with Crippen molar-refractivity contribution in [2.75, 3.05) is 20.8 Å². The molecule has 1 heterocycles. The third-order valence-electron chi connectivity index (χ3n) is 3.06. The van der Waals surface area contributed by atoms with Crippen molar-refractivity contribution in [2.45, 2.75) is 12.8 Å². The Hall–Kier alpha value is -1.52. The lowest BCUT2D eigenvalue weighted by Gasteiger charge is -2.09. The van der Waals surface area contributed by atoms with Gasteiger partial charge >= 0.3 is 5.97 Å². The van der Waals surface area contributed by atoms with Crippen molar-refractivity contribution < 1.29 is 14.3 Å². The molecule has 0 aliphatic rings. The van der Waals surface area contributed by atoms with Crippen LogP contribution in [0, 0.1) is 0 Å². The molecule has 0 aliphatic carbocycles. The zero-order valence-corrected chi connectivity index (χ0v) is 11.7. The number of hydrogen-bond donors (Lipinski definition) is 1. The zero-order valence-electron chi connectivity index (χ0n) is 11.0. The lowest BCUT2D eigenvalue weighted by molar-refractivity contribution is 0.0601. The molecule has 0 amide bonds. The van der Waals surface area contributed by atoms with Crippen molar-refractivity contribution >= 4 is 28.5 Å². The summed E-state index contributed by atoms with van der Waals surface area (Å²) >= 11 is 6.24. The van der Waals surface area contributed by atoms with E-state index in [1.54, 1.807) is 13.2 Å². The number of aromatic nitrogens is 1. The molecule has 0 spiro atoms. The van der Waals surface area contributed by atoms with E-state index in [4.69, 9.17) is 21.1 Å². The van der Waals surface area contributed by atoms with E-state index in [-0.39, 0.29) is 0 Å². The van der Waals surface area contributed by atoms with Gasteiger partial charge in [-0.2, -0.15) is 0 Å². The van der Waals surface area contributed by atoms with E-state index in [1.165, 1.54) is 7.11 Å². The van der Waals surface area contributed by atoms with Gasteiger partial charge in [0, 0.05) is 25.3 Å². The summed E-state index contributed by atoms with van der Waals surface area (Å²) < 4.78 is 9.82. The highest BCUT2D eigenvalue weighted by Crippen LogP contribution is 2.30. The smallest absolute Gasteiger partial charge is 0.339 e. The number of benzene rings is 1. The fraction of sp³-hybridized carbons (Fsp3) is 0.357. The van der Waals surface area contributed by atoms with Gasteiger partial charge in [0.1, 0.15) is 0 Å². The van der Waals surface area contributed by atoms with Gasteiger partial charge in [0.25, 0.3) is 0 Å². The molecule has 0 radical (unpaired) electrons. The van der Waals surface area contributed by atoms with Gasteiger partial charge in [-0.3, -0.25) is 0 Å². The van der Waals surface area contributed by atoms with Crippen molar-refractivity contribution in [3.8, 4) is 0 Å². The van der Waals surface area contributed by atoms with Gasteiger partial charge in [0.15, 0.2) is 0 Å². The third-order valence-corrected chi connectivity index (χ3v) is 3.47. The average Bonchev–Trinajstić information content (AvgIpc) is 2.90. The number of hydrogen-bond acceptors (Lipinski definition) is 3. The number of esters is 1. The Balaban J connectivity index is 2.46. The van der Waals surface area contributed by atoms with Crippen molar-refractivity contribution in [2.24, 2.45) is 0 Å². The van der Waals surface area contributed by atoms with Gasteiger partial charge in [-0.15, -0.1) is 0 Å². The molecule has 1 N–H and O–H groups in total.